The molecule has 0 aromatic heterocycles. The van der Waals surface area contributed by atoms with E-state index in [2.05, 4.69) is 9.61 Å². The Hall–Kier alpha value is -2.18. The molecule has 0 aliphatic rings. The summed E-state index contributed by atoms with van der Waals surface area (Å²) in [5.41, 5.74) is 0.261. The van der Waals surface area contributed by atoms with Crippen LogP contribution in [0, 0.1) is 0 Å². The van der Waals surface area contributed by atoms with Crippen LogP contribution in [-0.4, -0.2) is 19.9 Å². The van der Waals surface area contributed by atoms with Crippen LogP contribution >= 0.6 is 7.75 Å². The van der Waals surface area contributed by atoms with E-state index in [4.69, 9.17) is 9.26 Å². The third-order valence-corrected chi connectivity index (χ3v) is 4.18. The summed E-state index contributed by atoms with van der Waals surface area (Å²) in [5, 5.41) is 2.38. The molecule has 0 saturated heterocycles. The van der Waals surface area contributed by atoms with E-state index >= 15 is 0 Å². The number of rotatable bonds is 7. The highest BCUT2D eigenvalue weighted by Gasteiger charge is 2.36. The predicted octanol–water partition coefficient (Wildman–Crippen LogP) is 4.87. The molecule has 2 aromatic carbocycles. The number of methoxy groups -OCH3 is 1. The fourth-order valence-corrected chi connectivity index (χ4v) is 3.03. The van der Waals surface area contributed by atoms with Crippen LogP contribution in [0.15, 0.2) is 54.6 Å². The Morgan fingerprint density at radius 3 is 2.17 bits per heavy atom. The molecule has 0 aliphatic carbocycles. The van der Waals surface area contributed by atoms with Crippen molar-refractivity contribution in [1.82, 2.24) is 0 Å². The summed E-state index contributed by atoms with van der Waals surface area (Å²) in [6.07, 6.45) is -4.64. The molecule has 2 rings (SSSR count). The van der Waals surface area contributed by atoms with Crippen LogP contribution in [0.4, 0.5) is 18.9 Å². The Kier molecular flexibility index (Phi) is 5.75. The van der Waals surface area contributed by atoms with Gasteiger partial charge in [-0.2, -0.15) is 13.2 Å². The molecule has 0 bridgehead atoms. The van der Waals surface area contributed by atoms with Crippen molar-refractivity contribution in [2.45, 2.75) is 6.18 Å². The van der Waals surface area contributed by atoms with Gasteiger partial charge in [0, 0.05) is 5.69 Å². The Labute approximate surface area is 136 Å². The van der Waals surface area contributed by atoms with E-state index in [0.29, 0.717) is 5.75 Å². The first-order valence-corrected chi connectivity index (χ1v) is 8.32. The summed E-state index contributed by atoms with van der Waals surface area (Å²) >= 11 is 0. The lowest BCUT2D eigenvalue weighted by atomic mass is 10.3. The fraction of sp³-hybridized carbons (Fsp3) is 0.200. The van der Waals surface area contributed by atoms with Gasteiger partial charge in [-0.05, 0) is 36.4 Å². The normalized spacial score (nSPS) is 13.8. The predicted molar refractivity (Wildman–Crippen MR) is 83.3 cm³/mol. The Morgan fingerprint density at radius 2 is 1.62 bits per heavy atom. The highest BCUT2D eigenvalue weighted by atomic mass is 31.2. The van der Waals surface area contributed by atoms with Gasteiger partial charge < -0.3 is 9.26 Å². The van der Waals surface area contributed by atoms with Gasteiger partial charge in [0.1, 0.15) is 11.5 Å². The van der Waals surface area contributed by atoms with Crippen molar-refractivity contribution in [3.8, 4) is 11.5 Å². The number of hydrogen-bond acceptors (Lipinski definition) is 4. The maximum Gasteiger partial charge on any atom is 0.486 e. The van der Waals surface area contributed by atoms with Crippen molar-refractivity contribution in [2.75, 3.05) is 18.8 Å². The van der Waals surface area contributed by atoms with Gasteiger partial charge in [-0.1, -0.05) is 18.2 Å². The van der Waals surface area contributed by atoms with E-state index in [9.17, 15) is 17.7 Å². The molecule has 5 nitrogen and oxygen atoms in total. The first-order valence-electron chi connectivity index (χ1n) is 6.78. The Bertz CT molecular complexity index is 692. The second kappa shape index (κ2) is 7.59. The summed E-state index contributed by atoms with van der Waals surface area (Å²) in [6, 6.07) is 13.9. The molecule has 1 atom stereocenters. The van der Waals surface area contributed by atoms with Crippen LogP contribution in [0.5, 0.6) is 11.5 Å². The Morgan fingerprint density at radius 1 is 1.00 bits per heavy atom. The van der Waals surface area contributed by atoms with Gasteiger partial charge in [-0.15, -0.1) is 0 Å². The third kappa shape index (κ3) is 5.79. The second-order valence-corrected chi connectivity index (χ2v) is 6.29. The maximum absolute atomic E-state index is 12.7. The van der Waals surface area contributed by atoms with Crippen LogP contribution < -0.4 is 14.3 Å². The zero-order chi connectivity index (χ0) is 17.6. The van der Waals surface area contributed by atoms with Crippen molar-refractivity contribution in [3.63, 3.8) is 0 Å². The summed E-state index contributed by atoms with van der Waals surface area (Å²) in [5.74, 6) is 0.652. The molecule has 0 aliphatic heterocycles. The van der Waals surface area contributed by atoms with Gasteiger partial charge in [0.2, 0.25) is 0 Å². The fourth-order valence-electron chi connectivity index (χ4n) is 1.68. The van der Waals surface area contributed by atoms with Crippen LogP contribution in [0.2, 0.25) is 0 Å². The number of alkyl halides is 3. The summed E-state index contributed by atoms with van der Waals surface area (Å²) in [6.45, 7) is -1.71. The third-order valence-electron chi connectivity index (χ3n) is 2.72. The minimum absolute atomic E-state index is 0.115. The smallest absolute Gasteiger partial charge is 0.486 e. The van der Waals surface area contributed by atoms with Gasteiger partial charge >= 0.3 is 13.9 Å². The molecular formula is C15H15F3NO4P. The zero-order valence-electron chi connectivity index (χ0n) is 12.6. The van der Waals surface area contributed by atoms with Crippen molar-refractivity contribution >= 4 is 13.4 Å². The van der Waals surface area contributed by atoms with E-state index in [1.807, 2.05) is 0 Å². The molecule has 24 heavy (non-hydrogen) atoms. The standard InChI is InChI=1S/C15H15F3NO4P/c1-21-13-9-7-12(8-10-13)19-24(20,22-11-15(16,17)18)23-14-5-3-2-4-6-14/h2-10H,11H2,1H3,(H,19,20). The molecule has 2 aromatic rings. The Balaban J connectivity index is 2.18. The van der Waals surface area contributed by atoms with E-state index in [0.717, 1.165) is 0 Å². The first-order chi connectivity index (χ1) is 11.3. The van der Waals surface area contributed by atoms with Crippen molar-refractivity contribution in [1.29, 1.82) is 0 Å². The molecule has 1 N–H and O–H groups in total. The van der Waals surface area contributed by atoms with E-state index < -0.39 is 20.5 Å². The van der Waals surface area contributed by atoms with Gasteiger partial charge in [-0.3, -0.25) is 9.61 Å². The lowest BCUT2D eigenvalue weighted by Crippen LogP contribution is -2.19. The first kappa shape index (κ1) is 18.2. The summed E-state index contributed by atoms with van der Waals surface area (Å²) < 4.78 is 64.6. The van der Waals surface area contributed by atoms with Crippen LogP contribution in [0.1, 0.15) is 0 Å². The minimum Gasteiger partial charge on any atom is -0.497 e. The highest BCUT2D eigenvalue weighted by Crippen LogP contribution is 2.49. The number of ether oxygens (including phenoxy) is 1. The van der Waals surface area contributed by atoms with Crippen LogP contribution in [-0.2, 0) is 9.09 Å². The molecule has 0 saturated carbocycles. The largest absolute Gasteiger partial charge is 0.497 e. The molecule has 0 fully saturated rings. The summed E-state index contributed by atoms with van der Waals surface area (Å²) in [4.78, 5) is 0. The van der Waals surface area contributed by atoms with Crippen molar-refractivity contribution in [2.24, 2.45) is 0 Å². The number of halogens is 3. The van der Waals surface area contributed by atoms with Gasteiger partial charge in [0.05, 0.1) is 7.11 Å². The molecule has 0 heterocycles. The monoisotopic (exact) mass is 361 g/mol. The zero-order valence-corrected chi connectivity index (χ0v) is 13.5. The lowest BCUT2D eigenvalue weighted by Gasteiger charge is -2.21. The van der Waals surface area contributed by atoms with E-state index in [-0.39, 0.29) is 11.4 Å². The van der Waals surface area contributed by atoms with E-state index in [1.54, 1.807) is 30.3 Å². The topological polar surface area (TPSA) is 56.8 Å². The van der Waals surface area contributed by atoms with E-state index in [1.165, 1.54) is 31.4 Å². The molecule has 9 heteroatoms. The van der Waals surface area contributed by atoms with Crippen LogP contribution in [0.25, 0.3) is 0 Å². The molecule has 0 spiro atoms. The average molecular weight is 361 g/mol. The lowest BCUT2D eigenvalue weighted by molar-refractivity contribution is -0.154. The van der Waals surface area contributed by atoms with Gasteiger partial charge in [0.15, 0.2) is 6.61 Å². The van der Waals surface area contributed by atoms with Gasteiger partial charge in [-0.25, -0.2) is 4.57 Å². The van der Waals surface area contributed by atoms with Crippen LogP contribution in [0.3, 0.4) is 0 Å². The quantitative estimate of drug-likeness (QED) is 0.713. The highest BCUT2D eigenvalue weighted by molar-refractivity contribution is 7.55. The molecule has 0 radical (unpaired) electrons. The second-order valence-electron chi connectivity index (χ2n) is 4.63. The molecule has 130 valence electrons. The number of para-hydroxylation sites is 1. The number of hydrogen-bond donors (Lipinski definition) is 1. The van der Waals surface area contributed by atoms with Gasteiger partial charge in [0.25, 0.3) is 0 Å². The summed E-state index contributed by atoms with van der Waals surface area (Å²) in [7, 11) is -2.82. The maximum atomic E-state index is 12.7. The SMILES string of the molecule is COc1ccc(NP(=O)(OCC(F)(F)F)Oc2ccccc2)cc1. The molecule has 0 amide bonds. The number of anilines is 1. The minimum atomic E-state index is -4.64. The number of benzene rings is 2. The number of nitrogens with one attached hydrogen (secondary N) is 1. The average Bonchev–Trinajstić information content (AvgIpc) is 2.54. The van der Waals surface area contributed by atoms with Crippen molar-refractivity contribution in [3.05, 3.63) is 54.6 Å². The molecular weight excluding hydrogens is 346 g/mol. The van der Waals surface area contributed by atoms with Crippen molar-refractivity contribution < 1.29 is 31.5 Å². The molecule has 1 unspecified atom stereocenters.